The van der Waals surface area contributed by atoms with Crippen molar-refractivity contribution >= 4 is 22.4 Å². The van der Waals surface area contributed by atoms with E-state index in [2.05, 4.69) is 15.0 Å². The summed E-state index contributed by atoms with van der Waals surface area (Å²) in [5.41, 5.74) is 1.71. The number of halogens is 1. The molecule has 82 valence electrons. The molecule has 1 aromatic carbocycles. The van der Waals surface area contributed by atoms with E-state index in [1.54, 1.807) is 12.4 Å². The van der Waals surface area contributed by atoms with Crippen molar-refractivity contribution in [2.45, 2.75) is 0 Å². The summed E-state index contributed by atoms with van der Waals surface area (Å²) in [5, 5.41) is 2.70. The van der Waals surface area contributed by atoms with Crippen LogP contribution in [0.4, 0.5) is 0 Å². The van der Waals surface area contributed by atoms with Crippen molar-refractivity contribution < 1.29 is 0 Å². The van der Waals surface area contributed by atoms with Crippen molar-refractivity contribution in [3.05, 3.63) is 54.2 Å². The second-order valence-corrected chi connectivity index (χ2v) is 4.03. The summed E-state index contributed by atoms with van der Waals surface area (Å²) >= 11 is 6.11. The quantitative estimate of drug-likeness (QED) is 0.656. The molecular weight excluding hydrogens is 234 g/mol. The number of aromatic nitrogens is 3. The van der Waals surface area contributed by atoms with Gasteiger partial charge in [-0.3, -0.25) is 4.98 Å². The lowest BCUT2D eigenvalue weighted by Crippen LogP contribution is -1.88. The van der Waals surface area contributed by atoms with Crippen LogP contribution in [0.25, 0.3) is 22.0 Å². The molecule has 3 rings (SSSR count). The highest BCUT2D eigenvalue weighted by Crippen LogP contribution is 2.30. The molecule has 3 nitrogen and oxygen atoms in total. The van der Waals surface area contributed by atoms with E-state index < -0.39 is 0 Å². The molecule has 2 aromatic heterocycles. The van der Waals surface area contributed by atoms with E-state index >= 15 is 0 Å². The van der Waals surface area contributed by atoms with Gasteiger partial charge in [-0.15, -0.1) is 0 Å². The number of hydrogen-bond donors (Lipinski definition) is 0. The molecule has 0 N–H and O–H groups in total. The van der Waals surface area contributed by atoms with Crippen molar-refractivity contribution in [1.29, 1.82) is 0 Å². The van der Waals surface area contributed by atoms with Crippen LogP contribution in [0.3, 0.4) is 0 Å². The Bertz CT molecular complexity index is 677. The van der Waals surface area contributed by atoms with Crippen LogP contribution in [-0.2, 0) is 0 Å². The molecular formula is C13H8ClN3. The highest BCUT2D eigenvalue weighted by atomic mass is 35.5. The molecule has 17 heavy (non-hydrogen) atoms. The van der Waals surface area contributed by atoms with Crippen molar-refractivity contribution in [2.75, 3.05) is 0 Å². The summed E-state index contributed by atoms with van der Waals surface area (Å²) < 4.78 is 0. The van der Waals surface area contributed by atoms with Gasteiger partial charge < -0.3 is 0 Å². The molecule has 2 heterocycles. The van der Waals surface area contributed by atoms with E-state index in [0.29, 0.717) is 5.02 Å². The third-order valence-electron chi connectivity index (χ3n) is 2.61. The van der Waals surface area contributed by atoms with Gasteiger partial charge in [-0.1, -0.05) is 29.8 Å². The maximum atomic E-state index is 6.11. The second kappa shape index (κ2) is 4.11. The van der Waals surface area contributed by atoms with Crippen LogP contribution in [-0.4, -0.2) is 15.0 Å². The van der Waals surface area contributed by atoms with Gasteiger partial charge in [0.1, 0.15) is 6.33 Å². The highest BCUT2D eigenvalue weighted by Gasteiger charge is 2.08. The minimum absolute atomic E-state index is 0.545. The van der Waals surface area contributed by atoms with Gasteiger partial charge in [0.2, 0.25) is 0 Å². The van der Waals surface area contributed by atoms with E-state index in [-0.39, 0.29) is 0 Å². The minimum atomic E-state index is 0.545. The van der Waals surface area contributed by atoms with Gasteiger partial charge in [-0.05, 0) is 11.5 Å². The maximum absolute atomic E-state index is 6.11. The molecule has 0 atom stereocenters. The van der Waals surface area contributed by atoms with Crippen LogP contribution < -0.4 is 0 Å². The van der Waals surface area contributed by atoms with Crippen molar-refractivity contribution in [2.24, 2.45) is 0 Å². The molecule has 0 saturated heterocycles. The summed E-state index contributed by atoms with van der Waals surface area (Å²) in [6.07, 6.45) is 6.69. The van der Waals surface area contributed by atoms with Gasteiger partial charge in [-0.2, -0.15) is 0 Å². The topological polar surface area (TPSA) is 38.7 Å². The summed E-state index contributed by atoms with van der Waals surface area (Å²) in [7, 11) is 0. The molecule has 0 bridgehead atoms. The normalized spacial score (nSPS) is 10.6. The summed E-state index contributed by atoms with van der Waals surface area (Å²) in [6, 6.07) is 7.97. The number of hydrogen-bond acceptors (Lipinski definition) is 3. The van der Waals surface area contributed by atoms with Crippen LogP contribution in [0.2, 0.25) is 5.02 Å². The summed E-state index contributed by atoms with van der Waals surface area (Å²) in [4.78, 5) is 12.3. The Morgan fingerprint density at radius 2 is 1.94 bits per heavy atom. The first-order valence-electron chi connectivity index (χ1n) is 5.15. The summed E-state index contributed by atoms with van der Waals surface area (Å²) in [6.45, 7) is 0. The monoisotopic (exact) mass is 241 g/mol. The molecule has 0 fully saturated rings. The predicted octanol–water partition coefficient (Wildman–Crippen LogP) is 3.35. The van der Waals surface area contributed by atoms with Gasteiger partial charge in [0.05, 0.1) is 10.7 Å². The van der Waals surface area contributed by atoms with Gasteiger partial charge in [0.15, 0.2) is 0 Å². The molecule has 0 aliphatic heterocycles. The zero-order valence-electron chi connectivity index (χ0n) is 8.84. The Labute approximate surface area is 103 Å². The first-order valence-corrected chi connectivity index (χ1v) is 5.52. The van der Waals surface area contributed by atoms with Gasteiger partial charge in [0.25, 0.3) is 0 Å². The van der Waals surface area contributed by atoms with E-state index in [1.807, 2.05) is 30.5 Å². The molecule has 0 spiro atoms. The van der Waals surface area contributed by atoms with E-state index in [4.69, 9.17) is 11.6 Å². The zero-order valence-corrected chi connectivity index (χ0v) is 9.59. The lowest BCUT2D eigenvalue weighted by molar-refractivity contribution is 1.17. The van der Waals surface area contributed by atoms with Crippen LogP contribution in [0.15, 0.2) is 49.2 Å². The first kappa shape index (κ1) is 10.2. The molecule has 0 saturated carbocycles. The third-order valence-corrected chi connectivity index (χ3v) is 2.88. The van der Waals surface area contributed by atoms with Crippen molar-refractivity contribution in [1.82, 2.24) is 15.0 Å². The number of fused-ring (bicyclic) bond motifs is 1. The van der Waals surface area contributed by atoms with Gasteiger partial charge >= 0.3 is 0 Å². The molecule has 4 heteroatoms. The zero-order chi connectivity index (χ0) is 11.7. The Morgan fingerprint density at radius 1 is 1.00 bits per heavy atom. The molecule has 0 aliphatic carbocycles. The van der Waals surface area contributed by atoms with E-state index in [1.165, 1.54) is 6.33 Å². The number of nitrogens with zero attached hydrogens (tertiary/aromatic N) is 3. The average Bonchev–Trinajstić information content (AvgIpc) is 2.39. The first-order chi connectivity index (χ1) is 8.36. The number of rotatable bonds is 1. The smallest absolute Gasteiger partial charge is 0.116 e. The Kier molecular flexibility index (Phi) is 2.46. The van der Waals surface area contributed by atoms with Crippen LogP contribution in [0.1, 0.15) is 0 Å². The number of pyridine rings is 1. The third kappa shape index (κ3) is 1.74. The molecule has 0 unspecified atom stereocenters. The summed E-state index contributed by atoms with van der Waals surface area (Å²) in [5.74, 6) is 0. The molecule has 3 aromatic rings. The largest absolute Gasteiger partial charge is 0.264 e. The maximum Gasteiger partial charge on any atom is 0.116 e. The van der Waals surface area contributed by atoms with Crippen LogP contribution >= 0.6 is 11.6 Å². The second-order valence-electron chi connectivity index (χ2n) is 3.62. The Balaban J connectivity index is 2.35. The fraction of sp³-hybridized carbons (Fsp3) is 0. The average molecular weight is 242 g/mol. The molecule has 0 amide bonds. The highest BCUT2D eigenvalue weighted by molar-refractivity contribution is 6.33. The number of benzene rings is 1. The van der Waals surface area contributed by atoms with E-state index in [9.17, 15) is 0 Å². The van der Waals surface area contributed by atoms with Crippen molar-refractivity contribution in [3.8, 4) is 11.3 Å². The molecule has 0 radical (unpaired) electrons. The Morgan fingerprint density at radius 3 is 2.82 bits per heavy atom. The fourth-order valence-electron chi connectivity index (χ4n) is 1.83. The van der Waals surface area contributed by atoms with Gasteiger partial charge in [0, 0.05) is 29.5 Å². The van der Waals surface area contributed by atoms with Crippen LogP contribution in [0.5, 0.6) is 0 Å². The van der Waals surface area contributed by atoms with Crippen LogP contribution in [0, 0.1) is 0 Å². The lowest BCUT2D eigenvalue weighted by Gasteiger charge is -2.06. The lowest BCUT2D eigenvalue weighted by atomic mass is 10.0. The minimum Gasteiger partial charge on any atom is -0.264 e. The van der Waals surface area contributed by atoms with Crippen molar-refractivity contribution in [3.63, 3.8) is 0 Å². The van der Waals surface area contributed by atoms with Gasteiger partial charge in [-0.25, -0.2) is 9.97 Å². The predicted molar refractivity (Wildman–Crippen MR) is 67.8 cm³/mol. The Hall–Kier alpha value is -2.00. The van der Waals surface area contributed by atoms with E-state index in [0.717, 1.165) is 22.0 Å². The standard InChI is InChI=1S/C13H8ClN3/c14-12-7-16-8-17-13(12)10-3-1-2-9-4-5-15-6-11(9)10/h1-8H. The SMILES string of the molecule is Clc1cncnc1-c1cccc2ccncc12. The molecule has 0 aliphatic rings. The fourth-order valence-corrected chi connectivity index (χ4v) is 2.04.